The minimum Gasteiger partial charge on any atom is -0.353 e. The molecule has 5 aromatic heterocycles. The smallest absolute Gasteiger partial charge is 0.224 e. The number of thiophene rings is 1. The molecule has 7 nitrogen and oxygen atoms in total. The first-order valence-electron chi connectivity index (χ1n) is 13.5. The number of carbonyl (C=O) groups excluding carboxylic acids is 1. The highest BCUT2D eigenvalue weighted by Crippen LogP contribution is 2.36. The van der Waals surface area contributed by atoms with Crippen LogP contribution in [-0.4, -0.2) is 31.1 Å². The summed E-state index contributed by atoms with van der Waals surface area (Å²) in [6.45, 7) is 0. The van der Waals surface area contributed by atoms with Gasteiger partial charge in [0.1, 0.15) is 5.69 Å². The minimum atomic E-state index is 0.0575. The highest BCUT2D eigenvalue weighted by atomic mass is 32.1. The SMILES string of the molecule is O=C(CC1CCCCC1)Nc1cncc(-c2cc3c(-c4cc5c(-c6cccs6)cccc5[nH]4)n[nH]c3cn2)c1. The Kier molecular flexibility index (Phi) is 6.17. The molecule has 1 aliphatic rings. The molecule has 0 atom stereocenters. The zero-order valence-electron chi connectivity index (χ0n) is 21.4. The maximum atomic E-state index is 12.7. The molecule has 0 bridgehead atoms. The van der Waals surface area contributed by atoms with Crippen molar-refractivity contribution in [2.24, 2.45) is 5.92 Å². The average molecular weight is 533 g/mol. The van der Waals surface area contributed by atoms with Crippen LogP contribution in [0.3, 0.4) is 0 Å². The van der Waals surface area contributed by atoms with Gasteiger partial charge in [0, 0.05) is 44.9 Å². The molecule has 0 radical (unpaired) electrons. The zero-order valence-corrected chi connectivity index (χ0v) is 22.2. The van der Waals surface area contributed by atoms with Crippen molar-refractivity contribution in [3.8, 4) is 33.1 Å². The van der Waals surface area contributed by atoms with E-state index >= 15 is 0 Å². The van der Waals surface area contributed by atoms with Crippen LogP contribution in [0.2, 0.25) is 0 Å². The summed E-state index contributed by atoms with van der Waals surface area (Å²) in [6, 6.07) is 16.7. The van der Waals surface area contributed by atoms with E-state index in [1.54, 1.807) is 29.9 Å². The van der Waals surface area contributed by atoms with Gasteiger partial charge in [-0.1, -0.05) is 37.5 Å². The second-order valence-electron chi connectivity index (χ2n) is 10.3. The first-order chi connectivity index (χ1) is 19.2. The van der Waals surface area contributed by atoms with Crippen molar-refractivity contribution in [3.05, 3.63) is 72.5 Å². The molecular formula is C31H28N6OS. The van der Waals surface area contributed by atoms with Crippen molar-refractivity contribution < 1.29 is 4.79 Å². The van der Waals surface area contributed by atoms with Gasteiger partial charge in [-0.15, -0.1) is 11.3 Å². The third-order valence-electron chi connectivity index (χ3n) is 7.67. The summed E-state index contributed by atoms with van der Waals surface area (Å²) >= 11 is 1.74. The molecule has 6 aromatic rings. The fourth-order valence-electron chi connectivity index (χ4n) is 5.72. The van der Waals surface area contributed by atoms with Gasteiger partial charge in [-0.25, -0.2) is 0 Å². The molecule has 39 heavy (non-hydrogen) atoms. The van der Waals surface area contributed by atoms with Crippen LogP contribution in [-0.2, 0) is 4.79 Å². The van der Waals surface area contributed by atoms with Crippen LogP contribution in [0.15, 0.2) is 72.5 Å². The van der Waals surface area contributed by atoms with Gasteiger partial charge in [-0.05, 0) is 54.5 Å². The van der Waals surface area contributed by atoms with Gasteiger partial charge in [-0.2, -0.15) is 5.10 Å². The topological polar surface area (TPSA) is 99.4 Å². The standard InChI is InChI=1S/C31H28N6OS/c38-30(12-19-6-2-1-3-7-19)34-21-13-20(16-32-17-21)26-15-24-28(18-33-26)36-37-31(24)27-14-23-22(29-10-5-11-39-29)8-4-9-25(23)35-27/h4-5,8-11,13-19,35H,1-3,6-7,12H2,(H,34,38)(H,36,37). The number of aromatic amines is 2. The molecule has 8 heteroatoms. The molecule has 5 heterocycles. The van der Waals surface area contributed by atoms with E-state index < -0.39 is 0 Å². The highest BCUT2D eigenvalue weighted by Gasteiger charge is 2.18. The highest BCUT2D eigenvalue weighted by molar-refractivity contribution is 7.13. The van der Waals surface area contributed by atoms with Crippen LogP contribution >= 0.6 is 11.3 Å². The fourth-order valence-corrected chi connectivity index (χ4v) is 6.49. The Morgan fingerprint density at radius 1 is 0.974 bits per heavy atom. The normalized spacial score (nSPS) is 14.3. The number of benzene rings is 1. The van der Waals surface area contributed by atoms with Crippen LogP contribution in [0.4, 0.5) is 5.69 Å². The first kappa shape index (κ1) is 23.8. The van der Waals surface area contributed by atoms with E-state index in [2.05, 4.69) is 72.2 Å². The van der Waals surface area contributed by atoms with Gasteiger partial charge in [0.15, 0.2) is 0 Å². The van der Waals surface area contributed by atoms with Crippen LogP contribution in [0.1, 0.15) is 38.5 Å². The van der Waals surface area contributed by atoms with Crippen molar-refractivity contribution in [1.29, 1.82) is 0 Å². The summed E-state index contributed by atoms with van der Waals surface area (Å²) in [5.74, 6) is 0.548. The average Bonchev–Trinajstić information content (AvgIpc) is 3.73. The minimum absolute atomic E-state index is 0.0575. The first-order valence-corrected chi connectivity index (χ1v) is 14.3. The van der Waals surface area contributed by atoms with Gasteiger partial charge in [-0.3, -0.25) is 19.9 Å². The second kappa shape index (κ2) is 10.1. The number of anilines is 1. The monoisotopic (exact) mass is 532 g/mol. The van der Waals surface area contributed by atoms with Gasteiger partial charge >= 0.3 is 0 Å². The number of nitrogens with one attached hydrogen (secondary N) is 3. The number of nitrogens with zero attached hydrogens (tertiary/aromatic N) is 3. The van der Waals surface area contributed by atoms with E-state index in [4.69, 9.17) is 0 Å². The maximum Gasteiger partial charge on any atom is 0.224 e. The van der Waals surface area contributed by atoms with Crippen molar-refractivity contribution in [3.63, 3.8) is 0 Å². The Morgan fingerprint density at radius 2 is 1.90 bits per heavy atom. The second-order valence-corrected chi connectivity index (χ2v) is 11.3. The third kappa shape index (κ3) is 4.72. The molecule has 194 valence electrons. The van der Waals surface area contributed by atoms with Gasteiger partial charge in [0.2, 0.25) is 5.91 Å². The van der Waals surface area contributed by atoms with Gasteiger partial charge < -0.3 is 10.3 Å². The molecular weight excluding hydrogens is 504 g/mol. The molecule has 7 rings (SSSR count). The van der Waals surface area contributed by atoms with E-state index in [-0.39, 0.29) is 5.91 Å². The summed E-state index contributed by atoms with van der Waals surface area (Å²) in [7, 11) is 0. The van der Waals surface area contributed by atoms with Crippen molar-refractivity contribution in [1.82, 2.24) is 25.1 Å². The third-order valence-corrected chi connectivity index (χ3v) is 8.57. The van der Waals surface area contributed by atoms with E-state index in [0.29, 0.717) is 18.0 Å². The molecule has 3 N–H and O–H groups in total. The summed E-state index contributed by atoms with van der Waals surface area (Å²) in [5, 5.41) is 15.0. The maximum absolute atomic E-state index is 12.7. The molecule has 1 fully saturated rings. The van der Waals surface area contributed by atoms with Crippen molar-refractivity contribution in [2.45, 2.75) is 38.5 Å². The van der Waals surface area contributed by atoms with Gasteiger partial charge in [0.25, 0.3) is 0 Å². The lowest BCUT2D eigenvalue weighted by Gasteiger charge is -2.20. The van der Waals surface area contributed by atoms with Crippen molar-refractivity contribution >= 4 is 44.7 Å². The van der Waals surface area contributed by atoms with Crippen LogP contribution in [0, 0.1) is 5.92 Å². The quantitative estimate of drug-likeness (QED) is 0.204. The van der Waals surface area contributed by atoms with E-state index in [0.717, 1.165) is 51.9 Å². The number of rotatable bonds is 6. The summed E-state index contributed by atoms with van der Waals surface area (Å²) in [6.07, 6.45) is 11.9. The van der Waals surface area contributed by atoms with E-state index in [1.165, 1.54) is 35.1 Å². The van der Waals surface area contributed by atoms with E-state index in [9.17, 15) is 4.79 Å². The van der Waals surface area contributed by atoms with Gasteiger partial charge in [0.05, 0.1) is 35.0 Å². The lowest BCUT2D eigenvalue weighted by molar-refractivity contribution is -0.117. The number of amides is 1. The Morgan fingerprint density at radius 3 is 2.77 bits per heavy atom. The summed E-state index contributed by atoms with van der Waals surface area (Å²) in [5.41, 5.74) is 7.23. The number of hydrogen-bond acceptors (Lipinski definition) is 5. The Hall–Kier alpha value is -4.30. The Bertz CT molecular complexity index is 1780. The predicted octanol–water partition coefficient (Wildman–Crippen LogP) is 7.81. The van der Waals surface area contributed by atoms with Crippen molar-refractivity contribution in [2.75, 3.05) is 5.32 Å². The number of H-pyrrole nitrogens is 2. The van der Waals surface area contributed by atoms with Crippen LogP contribution < -0.4 is 5.32 Å². The Labute approximate surface area is 229 Å². The number of pyridine rings is 2. The summed E-state index contributed by atoms with van der Waals surface area (Å²) in [4.78, 5) is 26.5. The number of fused-ring (bicyclic) bond motifs is 2. The predicted molar refractivity (Wildman–Crippen MR) is 158 cm³/mol. The fraction of sp³-hybridized carbons (Fsp3) is 0.226. The molecule has 1 aliphatic carbocycles. The lowest BCUT2D eigenvalue weighted by atomic mass is 9.87. The molecule has 0 aliphatic heterocycles. The number of carbonyl (C=O) groups is 1. The number of aromatic nitrogens is 5. The summed E-state index contributed by atoms with van der Waals surface area (Å²) < 4.78 is 0. The van der Waals surface area contributed by atoms with Crippen LogP contribution in [0.5, 0.6) is 0 Å². The Balaban J connectivity index is 1.19. The molecule has 1 aromatic carbocycles. The lowest BCUT2D eigenvalue weighted by Crippen LogP contribution is -2.18. The largest absolute Gasteiger partial charge is 0.353 e. The van der Waals surface area contributed by atoms with Crippen LogP contribution in [0.25, 0.3) is 54.9 Å². The molecule has 0 saturated heterocycles. The van der Waals surface area contributed by atoms with E-state index in [1.807, 2.05) is 12.1 Å². The number of hydrogen-bond donors (Lipinski definition) is 3. The zero-order chi connectivity index (χ0) is 26.2. The molecule has 0 spiro atoms. The molecule has 1 amide bonds. The molecule has 0 unspecified atom stereocenters. The molecule has 1 saturated carbocycles.